The van der Waals surface area contributed by atoms with Gasteiger partial charge < -0.3 is 10.4 Å². The second kappa shape index (κ2) is 7.56. The smallest absolute Gasteiger partial charge is 0.159 e. The van der Waals surface area contributed by atoms with Crippen LogP contribution >= 0.6 is 0 Å². The second-order valence-electron chi connectivity index (χ2n) is 5.27. The SMILES string of the molecule is CCC(NCCC(C)C)C(O)c1ccc(F)c(F)c1. The van der Waals surface area contributed by atoms with Crippen molar-refractivity contribution < 1.29 is 13.9 Å². The highest BCUT2D eigenvalue weighted by molar-refractivity contribution is 5.21. The summed E-state index contributed by atoms with van der Waals surface area (Å²) >= 11 is 0. The minimum absolute atomic E-state index is 0.149. The predicted octanol–water partition coefficient (Wildman–Crippen LogP) is 3.41. The molecule has 0 bridgehead atoms. The fourth-order valence-corrected chi connectivity index (χ4v) is 1.97. The quantitative estimate of drug-likeness (QED) is 0.796. The standard InChI is InChI=1S/C15H23F2NO/c1-4-14(18-8-7-10(2)3)15(19)11-5-6-12(16)13(17)9-11/h5-6,9-10,14-15,18-19H,4,7-8H2,1-3H3. The highest BCUT2D eigenvalue weighted by atomic mass is 19.2. The van der Waals surface area contributed by atoms with Crippen molar-refractivity contribution in [1.29, 1.82) is 0 Å². The number of benzene rings is 1. The summed E-state index contributed by atoms with van der Waals surface area (Å²) in [5, 5.41) is 13.5. The third-order valence-electron chi connectivity index (χ3n) is 3.23. The van der Waals surface area contributed by atoms with Gasteiger partial charge in [0.25, 0.3) is 0 Å². The average molecular weight is 271 g/mol. The van der Waals surface area contributed by atoms with Gasteiger partial charge >= 0.3 is 0 Å². The summed E-state index contributed by atoms with van der Waals surface area (Å²) in [6.45, 7) is 7.02. The topological polar surface area (TPSA) is 32.3 Å². The summed E-state index contributed by atoms with van der Waals surface area (Å²) in [6, 6.07) is 3.39. The van der Waals surface area contributed by atoms with Gasteiger partial charge in [0.15, 0.2) is 11.6 Å². The van der Waals surface area contributed by atoms with Gasteiger partial charge in [0, 0.05) is 6.04 Å². The first kappa shape index (κ1) is 16.1. The number of aliphatic hydroxyl groups excluding tert-OH is 1. The number of halogens is 2. The molecule has 0 saturated carbocycles. The van der Waals surface area contributed by atoms with Crippen molar-refractivity contribution in [2.45, 2.75) is 45.8 Å². The van der Waals surface area contributed by atoms with Gasteiger partial charge in [-0.15, -0.1) is 0 Å². The molecule has 1 aromatic rings. The Morgan fingerprint density at radius 1 is 1.21 bits per heavy atom. The van der Waals surface area contributed by atoms with E-state index in [-0.39, 0.29) is 6.04 Å². The van der Waals surface area contributed by atoms with Crippen molar-refractivity contribution in [3.05, 3.63) is 35.4 Å². The van der Waals surface area contributed by atoms with Crippen molar-refractivity contribution in [1.82, 2.24) is 5.32 Å². The van der Waals surface area contributed by atoms with Crippen molar-refractivity contribution in [3.8, 4) is 0 Å². The van der Waals surface area contributed by atoms with Crippen LogP contribution in [0.3, 0.4) is 0 Å². The molecule has 0 heterocycles. The Morgan fingerprint density at radius 2 is 1.89 bits per heavy atom. The number of nitrogens with one attached hydrogen (secondary N) is 1. The Morgan fingerprint density at radius 3 is 2.42 bits per heavy atom. The van der Waals surface area contributed by atoms with Gasteiger partial charge in [-0.3, -0.25) is 0 Å². The van der Waals surface area contributed by atoms with Gasteiger partial charge in [0.2, 0.25) is 0 Å². The van der Waals surface area contributed by atoms with Crippen LogP contribution in [0.1, 0.15) is 45.3 Å². The van der Waals surface area contributed by atoms with Gasteiger partial charge in [0.05, 0.1) is 6.10 Å². The lowest BCUT2D eigenvalue weighted by Gasteiger charge is -2.24. The third-order valence-corrected chi connectivity index (χ3v) is 3.23. The molecule has 0 aliphatic heterocycles. The monoisotopic (exact) mass is 271 g/mol. The molecule has 108 valence electrons. The van der Waals surface area contributed by atoms with Crippen LogP contribution in [0.2, 0.25) is 0 Å². The van der Waals surface area contributed by atoms with E-state index < -0.39 is 17.7 Å². The molecule has 0 fully saturated rings. The van der Waals surface area contributed by atoms with E-state index in [0.717, 1.165) is 31.5 Å². The normalized spacial score (nSPS) is 14.7. The molecule has 2 N–H and O–H groups in total. The average Bonchev–Trinajstić information content (AvgIpc) is 2.37. The summed E-state index contributed by atoms with van der Waals surface area (Å²) in [5.74, 6) is -1.23. The number of aliphatic hydroxyl groups is 1. The van der Waals surface area contributed by atoms with E-state index in [4.69, 9.17) is 0 Å². The van der Waals surface area contributed by atoms with Crippen molar-refractivity contribution in [2.75, 3.05) is 6.54 Å². The van der Waals surface area contributed by atoms with E-state index in [1.54, 1.807) is 0 Å². The summed E-state index contributed by atoms with van der Waals surface area (Å²) in [6.07, 6.45) is 0.909. The fraction of sp³-hybridized carbons (Fsp3) is 0.600. The van der Waals surface area contributed by atoms with E-state index in [0.29, 0.717) is 11.5 Å². The molecule has 0 aliphatic rings. The first-order valence-electron chi connectivity index (χ1n) is 6.82. The number of hydrogen-bond donors (Lipinski definition) is 2. The molecule has 0 aromatic heterocycles. The Labute approximate surface area is 113 Å². The highest BCUT2D eigenvalue weighted by Gasteiger charge is 2.19. The maximum absolute atomic E-state index is 13.2. The lowest BCUT2D eigenvalue weighted by atomic mass is 9.99. The van der Waals surface area contributed by atoms with Crippen LogP contribution in [0.4, 0.5) is 8.78 Å². The largest absolute Gasteiger partial charge is 0.387 e. The summed E-state index contributed by atoms with van der Waals surface area (Å²) in [4.78, 5) is 0. The molecule has 1 aromatic carbocycles. The van der Waals surface area contributed by atoms with Gasteiger partial charge in [-0.25, -0.2) is 8.78 Å². The van der Waals surface area contributed by atoms with Crippen molar-refractivity contribution in [3.63, 3.8) is 0 Å². The lowest BCUT2D eigenvalue weighted by molar-refractivity contribution is 0.125. The Balaban J connectivity index is 2.66. The molecule has 0 spiro atoms. The minimum Gasteiger partial charge on any atom is -0.387 e. The highest BCUT2D eigenvalue weighted by Crippen LogP contribution is 2.21. The van der Waals surface area contributed by atoms with Crippen LogP contribution in [-0.4, -0.2) is 17.7 Å². The van der Waals surface area contributed by atoms with Gasteiger partial charge in [0.1, 0.15) is 0 Å². The first-order valence-corrected chi connectivity index (χ1v) is 6.82. The van der Waals surface area contributed by atoms with E-state index in [1.165, 1.54) is 6.07 Å². The number of rotatable bonds is 7. The molecule has 1 rings (SSSR count). The molecule has 0 radical (unpaired) electrons. The van der Waals surface area contributed by atoms with Crippen molar-refractivity contribution >= 4 is 0 Å². The zero-order valence-electron chi connectivity index (χ0n) is 11.8. The molecule has 2 atom stereocenters. The second-order valence-corrected chi connectivity index (χ2v) is 5.27. The van der Waals surface area contributed by atoms with E-state index in [2.05, 4.69) is 19.2 Å². The molecular weight excluding hydrogens is 248 g/mol. The fourth-order valence-electron chi connectivity index (χ4n) is 1.97. The Kier molecular flexibility index (Phi) is 6.38. The van der Waals surface area contributed by atoms with Crippen LogP contribution in [0, 0.1) is 17.6 Å². The van der Waals surface area contributed by atoms with Crippen LogP contribution in [0.25, 0.3) is 0 Å². The molecule has 2 nitrogen and oxygen atoms in total. The number of hydrogen-bond acceptors (Lipinski definition) is 2. The lowest BCUT2D eigenvalue weighted by Crippen LogP contribution is -2.35. The Bertz CT molecular complexity index is 396. The van der Waals surface area contributed by atoms with E-state index >= 15 is 0 Å². The zero-order valence-corrected chi connectivity index (χ0v) is 11.8. The molecule has 0 saturated heterocycles. The maximum atomic E-state index is 13.2. The minimum atomic E-state index is -0.923. The molecular formula is C15H23F2NO. The van der Waals surface area contributed by atoms with Gasteiger partial charge in [-0.05, 0) is 43.0 Å². The van der Waals surface area contributed by atoms with Crippen molar-refractivity contribution in [2.24, 2.45) is 5.92 Å². The zero-order chi connectivity index (χ0) is 14.4. The predicted molar refractivity (Wildman–Crippen MR) is 72.9 cm³/mol. The van der Waals surface area contributed by atoms with Crippen LogP contribution in [-0.2, 0) is 0 Å². The van der Waals surface area contributed by atoms with Crippen LogP contribution in [0.15, 0.2) is 18.2 Å². The van der Waals surface area contributed by atoms with E-state index in [1.807, 2.05) is 6.92 Å². The summed E-state index contributed by atoms with van der Waals surface area (Å²) in [5.41, 5.74) is 0.405. The molecule has 0 amide bonds. The van der Waals surface area contributed by atoms with Crippen LogP contribution in [0.5, 0.6) is 0 Å². The Hall–Kier alpha value is -1.00. The summed E-state index contributed by atoms with van der Waals surface area (Å²) < 4.78 is 26.0. The third kappa shape index (κ3) is 4.88. The summed E-state index contributed by atoms with van der Waals surface area (Å²) in [7, 11) is 0. The van der Waals surface area contributed by atoms with Gasteiger partial charge in [-0.1, -0.05) is 26.8 Å². The molecule has 0 aliphatic carbocycles. The first-order chi connectivity index (χ1) is 8.95. The molecule has 4 heteroatoms. The maximum Gasteiger partial charge on any atom is 0.159 e. The van der Waals surface area contributed by atoms with E-state index in [9.17, 15) is 13.9 Å². The molecule has 2 unspecified atom stereocenters. The van der Waals surface area contributed by atoms with Crippen LogP contribution < -0.4 is 5.32 Å². The molecule has 19 heavy (non-hydrogen) atoms. The van der Waals surface area contributed by atoms with Gasteiger partial charge in [-0.2, -0.15) is 0 Å².